The first-order chi connectivity index (χ1) is 11.7. The number of fused-ring (bicyclic) bond motifs is 1. The van der Waals surface area contributed by atoms with Crippen LogP contribution < -0.4 is 0 Å². The maximum atomic E-state index is 12.7. The molecule has 2 N–H and O–H groups in total. The Morgan fingerprint density at radius 3 is 2.96 bits per heavy atom. The van der Waals surface area contributed by atoms with E-state index in [0.29, 0.717) is 6.42 Å². The van der Waals surface area contributed by atoms with Gasteiger partial charge < -0.3 is 15.0 Å². The molecule has 0 radical (unpaired) electrons. The summed E-state index contributed by atoms with van der Waals surface area (Å²) in [5.41, 5.74) is 2.76. The maximum Gasteiger partial charge on any atom is 0.227 e. The van der Waals surface area contributed by atoms with Crippen molar-refractivity contribution in [2.45, 2.75) is 25.3 Å². The first-order valence-corrected chi connectivity index (χ1v) is 8.23. The van der Waals surface area contributed by atoms with Crippen LogP contribution in [0.1, 0.15) is 30.3 Å². The molecule has 2 heterocycles. The summed E-state index contributed by atoms with van der Waals surface area (Å²) in [7, 11) is 0. The molecular weight excluding hydrogens is 302 g/mol. The minimum absolute atomic E-state index is 0.00205. The quantitative estimate of drug-likeness (QED) is 0.778. The van der Waals surface area contributed by atoms with E-state index < -0.39 is 0 Å². The molecule has 3 aromatic rings. The molecule has 1 atom stereocenters. The normalized spacial score (nSPS) is 17.5. The number of hydrogen-bond donors (Lipinski definition) is 2. The summed E-state index contributed by atoms with van der Waals surface area (Å²) in [5.74, 6) is 1.12. The lowest BCUT2D eigenvalue weighted by molar-refractivity contribution is -0.131. The molecule has 1 saturated heterocycles. The summed E-state index contributed by atoms with van der Waals surface area (Å²) >= 11 is 0. The Hall–Kier alpha value is -2.82. The van der Waals surface area contributed by atoms with E-state index in [1.165, 1.54) is 0 Å². The van der Waals surface area contributed by atoms with Crippen molar-refractivity contribution in [3.8, 4) is 5.75 Å². The van der Waals surface area contributed by atoms with E-state index in [0.717, 1.165) is 41.8 Å². The Kier molecular flexibility index (Phi) is 3.69. The fraction of sp³-hybridized carbons (Fsp3) is 0.263. The van der Waals surface area contributed by atoms with Crippen molar-refractivity contribution >= 4 is 16.9 Å². The molecule has 1 fully saturated rings. The molecule has 122 valence electrons. The lowest BCUT2D eigenvalue weighted by Gasteiger charge is -2.23. The Morgan fingerprint density at radius 2 is 2.12 bits per heavy atom. The fourth-order valence-electron chi connectivity index (χ4n) is 3.42. The molecule has 0 aliphatic carbocycles. The number of phenolic OH excluding ortho intramolecular Hbond substituents is 1. The van der Waals surface area contributed by atoms with Gasteiger partial charge in [0.1, 0.15) is 11.6 Å². The predicted octanol–water partition coefficient (Wildman–Crippen LogP) is 3.17. The second-order valence-corrected chi connectivity index (χ2v) is 6.23. The molecule has 0 spiro atoms. The molecule has 1 aliphatic rings. The minimum Gasteiger partial charge on any atom is -0.508 e. The number of aromatic hydroxyl groups is 1. The number of hydrogen-bond acceptors (Lipinski definition) is 3. The zero-order chi connectivity index (χ0) is 16.5. The minimum atomic E-state index is 0.00205. The predicted molar refractivity (Wildman–Crippen MR) is 91.6 cm³/mol. The van der Waals surface area contributed by atoms with Crippen molar-refractivity contribution < 1.29 is 9.90 Å². The SMILES string of the molecule is O=C(Cc1cccc(O)c1)N1CCC[C@H]1c1nc2ccccc2[nH]1. The van der Waals surface area contributed by atoms with Crippen molar-refractivity contribution in [3.63, 3.8) is 0 Å². The van der Waals surface area contributed by atoms with E-state index in [4.69, 9.17) is 0 Å². The number of para-hydroxylation sites is 2. The highest BCUT2D eigenvalue weighted by Gasteiger charge is 2.31. The average Bonchev–Trinajstić information content (AvgIpc) is 3.21. The highest BCUT2D eigenvalue weighted by Crippen LogP contribution is 2.32. The van der Waals surface area contributed by atoms with Crippen LogP contribution >= 0.6 is 0 Å². The van der Waals surface area contributed by atoms with Gasteiger partial charge in [-0.1, -0.05) is 24.3 Å². The van der Waals surface area contributed by atoms with Crippen molar-refractivity contribution in [3.05, 3.63) is 59.9 Å². The molecule has 4 rings (SSSR count). The Labute approximate surface area is 139 Å². The van der Waals surface area contributed by atoms with E-state index >= 15 is 0 Å². The molecular formula is C19H19N3O2. The number of rotatable bonds is 3. The number of aromatic amines is 1. The number of nitrogens with zero attached hydrogens (tertiary/aromatic N) is 2. The van der Waals surface area contributed by atoms with Crippen LogP contribution in [0.4, 0.5) is 0 Å². The third-order valence-electron chi connectivity index (χ3n) is 4.56. The van der Waals surface area contributed by atoms with Crippen LogP contribution in [0, 0.1) is 0 Å². The standard InChI is InChI=1S/C19H19N3O2/c23-14-6-3-5-13(11-14)12-18(24)22-10-4-9-17(22)19-20-15-7-1-2-8-16(15)21-19/h1-3,5-8,11,17,23H,4,9-10,12H2,(H,20,21)/t17-/m0/s1. The topological polar surface area (TPSA) is 69.2 Å². The molecule has 1 aromatic heterocycles. The number of benzene rings is 2. The lowest BCUT2D eigenvalue weighted by atomic mass is 10.1. The monoisotopic (exact) mass is 321 g/mol. The smallest absolute Gasteiger partial charge is 0.227 e. The van der Waals surface area contributed by atoms with Crippen LogP contribution in [0.25, 0.3) is 11.0 Å². The summed E-state index contributed by atoms with van der Waals surface area (Å²) in [4.78, 5) is 22.6. The first kappa shape index (κ1) is 14.8. The Bertz CT molecular complexity index is 854. The second-order valence-electron chi connectivity index (χ2n) is 6.23. The van der Waals surface area contributed by atoms with E-state index in [1.54, 1.807) is 18.2 Å². The van der Waals surface area contributed by atoms with Crippen LogP contribution in [-0.2, 0) is 11.2 Å². The van der Waals surface area contributed by atoms with E-state index in [2.05, 4.69) is 9.97 Å². The molecule has 0 saturated carbocycles. The Balaban J connectivity index is 1.56. The molecule has 24 heavy (non-hydrogen) atoms. The van der Waals surface area contributed by atoms with Crippen LogP contribution in [0.15, 0.2) is 48.5 Å². The van der Waals surface area contributed by atoms with Gasteiger partial charge in [-0.3, -0.25) is 4.79 Å². The van der Waals surface area contributed by atoms with Gasteiger partial charge in [-0.25, -0.2) is 4.98 Å². The third-order valence-corrected chi connectivity index (χ3v) is 4.56. The van der Waals surface area contributed by atoms with Gasteiger partial charge in [0.05, 0.1) is 23.5 Å². The number of aromatic nitrogens is 2. The van der Waals surface area contributed by atoms with E-state index in [9.17, 15) is 9.90 Å². The molecule has 2 aromatic carbocycles. The van der Waals surface area contributed by atoms with E-state index in [-0.39, 0.29) is 17.7 Å². The van der Waals surface area contributed by atoms with E-state index in [1.807, 2.05) is 35.2 Å². The summed E-state index contributed by atoms with van der Waals surface area (Å²) in [6.45, 7) is 0.749. The second kappa shape index (κ2) is 6.00. The van der Waals surface area contributed by atoms with Crippen LogP contribution in [-0.4, -0.2) is 32.4 Å². The van der Waals surface area contributed by atoms with Gasteiger partial charge >= 0.3 is 0 Å². The summed E-state index contributed by atoms with van der Waals surface area (Å²) in [6, 6.07) is 14.8. The average molecular weight is 321 g/mol. The van der Waals surface area contributed by atoms with Gasteiger partial charge in [-0.15, -0.1) is 0 Å². The highest BCUT2D eigenvalue weighted by atomic mass is 16.3. The van der Waals surface area contributed by atoms with Crippen molar-refractivity contribution in [1.29, 1.82) is 0 Å². The number of phenols is 1. The summed E-state index contributed by atoms with van der Waals surface area (Å²) in [6.07, 6.45) is 2.20. The molecule has 0 unspecified atom stereocenters. The van der Waals surface area contributed by atoms with Crippen molar-refractivity contribution in [1.82, 2.24) is 14.9 Å². The molecule has 5 nitrogen and oxygen atoms in total. The van der Waals surface area contributed by atoms with Gasteiger partial charge in [0.15, 0.2) is 0 Å². The van der Waals surface area contributed by atoms with Crippen LogP contribution in [0.3, 0.4) is 0 Å². The number of carbonyl (C=O) groups is 1. The van der Waals surface area contributed by atoms with Crippen LogP contribution in [0.5, 0.6) is 5.75 Å². The van der Waals surface area contributed by atoms with Gasteiger partial charge in [0, 0.05) is 6.54 Å². The number of nitrogens with one attached hydrogen (secondary N) is 1. The van der Waals surface area contributed by atoms with Gasteiger partial charge in [-0.2, -0.15) is 0 Å². The fourth-order valence-corrected chi connectivity index (χ4v) is 3.42. The molecule has 5 heteroatoms. The summed E-state index contributed by atoms with van der Waals surface area (Å²) in [5, 5.41) is 9.56. The zero-order valence-corrected chi connectivity index (χ0v) is 13.3. The number of imidazole rings is 1. The first-order valence-electron chi connectivity index (χ1n) is 8.23. The van der Waals surface area contributed by atoms with Gasteiger partial charge in [0.25, 0.3) is 0 Å². The summed E-state index contributed by atoms with van der Waals surface area (Å²) < 4.78 is 0. The zero-order valence-electron chi connectivity index (χ0n) is 13.3. The van der Waals surface area contributed by atoms with Gasteiger partial charge in [0.2, 0.25) is 5.91 Å². The number of carbonyl (C=O) groups excluding carboxylic acids is 1. The maximum absolute atomic E-state index is 12.7. The van der Waals surface area contributed by atoms with Crippen molar-refractivity contribution in [2.75, 3.05) is 6.54 Å². The van der Waals surface area contributed by atoms with Crippen LogP contribution in [0.2, 0.25) is 0 Å². The number of amides is 1. The third kappa shape index (κ3) is 2.73. The number of H-pyrrole nitrogens is 1. The van der Waals surface area contributed by atoms with Gasteiger partial charge in [-0.05, 0) is 42.7 Å². The largest absolute Gasteiger partial charge is 0.508 e. The molecule has 0 bridgehead atoms. The Morgan fingerprint density at radius 1 is 1.25 bits per heavy atom. The highest BCUT2D eigenvalue weighted by molar-refractivity contribution is 5.80. The molecule has 1 amide bonds. The van der Waals surface area contributed by atoms with Crippen molar-refractivity contribution in [2.24, 2.45) is 0 Å². The number of likely N-dealkylation sites (tertiary alicyclic amines) is 1. The molecule has 1 aliphatic heterocycles. The lowest BCUT2D eigenvalue weighted by Crippen LogP contribution is -2.32.